The summed E-state index contributed by atoms with van der Waals surface area (Å²) < 4.78 is 18.9. The van der Waals surface area contributed by atoms with E-state index < -0.39 is 0 Å². The molecule has 0 radical (unpaired) electrons. The summed E-state index contributed by atoms with van der Waals surface area (Å²) in [4.78, 5) is 2.47. The van der Waals surface area contributed by atoms with Gasteiger partial charge in [-0.25, -0.2) is 4.39 Å². The van der Waals surface area contributed by atoms with Crippen LogP contribution in [0.2, 0.25) is 0 Å². The molecule has 2 aliphatic heterocycles. The number of hydrogen-bond acceptors (Lipinski definition) is 3. The van der Waals surface area contributed by atoms with Gasteiger partial charge in [-0.3, -0.25) is 4.90 Å². The number of piperidine rings is 2. The minimum absolute atomic E-state index is 0.183. The Balaban J connectivity index is 1.71. The highest BCUT2D eigenvalue weighted by atomic mass is 19.1. The van der Waals surface area contributed by atoms with E-state index in [-0.39, 0.29) is 5.82 Å². The van der Waals surface area contributed by atoms with Crippen molar-refractivity contribution in [2.45, 2.75) is 32.2 Å². The van der Waals surface area contributed by atoms with Crippen molar-refractivity contribution in [2.75, 3.05) is 33.3 Å². The Morgan fingerprint density at radius 1 is 1.33 bits per heavy atom. The van der Waals surface area contributed by atoms with Gasteiger partial charge in [0.1, 0.15) is 11.6 Å². The van der Waals surface area contributed by atoms with Gasteiger partial charge in [-0.15, -0.1) is 0 Å². The first-order chi connectivity index (χ1) is 10.2. The van der Waals surface area contributed by atoms with Crippen LogP contribution in [0.15, 0.2) is 18.2 Å². The average molecular weight is 292 g/mol. The van der Waals surface area contributed by atoms with E-state index in [2.05, 4.69) is 10.2 Å². The highest BCUT2D eigenvalue weighted by Crippen LogP contribution is 2.36. The molecule has 0 amide bonds. The fourth-order valence-corrected chi connectivity index (χ4v) is 3.94. The Hall–Kier alpha value is -1.13. The van der Waals surface area contributed by atoms with E-state index in [0.29, 0.717) is 5.41 Å². The number of methoxy groups -OCH3 is 1. The Kier molecular flexibility index (Phi) is 4.45. The summed E-state index contributed by atoms with van der Waals surface area (Å²) in [5.41, 5.74) is 1.38. The lowest BCUT2D eigenvalue weighted by Gasteiger charge is -2.45. The van der Waals surface area contributed by atoms with Crippen molar-refractivity contribution in [1.82, 2.24) is 10.2 Å². The van der Waals surface area contributed by atoms with Gasteiger partial charge in [0.25, 0.3) is 0 Å². The summed E-state index contributed by atoms with van der Waals surface area (Å²) in [6.07, 6.45) is 5.14. The molecule has 1 N–H and O–H groups in total. The normalized spacial score (nSPS) is 27.0. The Labute approximate surface area is 126 Å². The molecular weight excluding hydrogens is 267 g/mol. The third kappa shape index (κ3) is 3.38. The zero-order valence-corrected chi connectivity index (χ0v) is 12.8. The topological polar surface area (TPSA) is 24.5 Å². The van der Waals surface area contributed by atoms with Crippen molar-refractivity contribution in [2.24, 2.45) is 5.41 Å². The molecular formula is C17H25FN2O. The second kappa shape index (κ2) is 6.32. The number of nitrogens with one attached hydrogen (secondary N) is 1. The molecule has 1 aromatic rings. The molecule has 2 heterocycles. The predicted molar refractivity (Wildman–Crippen MR) is 82.0 cm³/mol. The van der Waals surface area contributed by atoms with Crippen LogP contribution in [0.3, 0.4) is 0 Å². The van der Waals surface area contributed by atoms with Crippen molar-refractivity contribution < 1.29 is 9.13 Å². The van der Waals surface area contributed by atoms with E-state index >= 15 is 0 Å². The molecule has 116 valence electrons. The van der Waals surface area contributed by atoms with E-state index in [1.54, 1.807) is 19.2 Å². The fraction of sp³-hybridized carbons (Fsp3) is 0.647. The number of benzene rings is 1. The van der Waals surface area contributed by atoms with Crippen LogP contribution in [0.25, 0.3) is 0 Å². The monoisotopic (exact) mass is 292 g/mol. The van der Waals surface area contributed by atoms with Crippen LogP contribution in [-0.4, -0.2) is 38.2 Å². The summed E-state index contributed by atoms with van der Waals surface area (Å²) in [6, 6.07) is 4.80. The van der Waals surface area contributed by atoms with Gasteiger partial charge in [0.15, 0.2) is 0 Å². The van der Waals surface area contributed by atoms with Crippen molar-refractivity contribution in [3.8, 4) is 5.75 Å². The van der Waals surface area contributed by atoms with E-state index in [9.17, 15) is 4.39 Å². The molecule has 1 aromatic carbocycles. The van der Waals surface area contributed by atoms with Crippen molar-refractivity contribution in [3.05, 3.63) is 29.6 Å². The molecule has 1 atom stereocenters. The van der Waals surface area contributed by atoms with Gasteiger partial charge < -0.3 is 10.1 Å². The number of rotatable bonds is 3. The summed E-state index contributed by atoms with van der Waals surface area (Å²) >= 11 is 0. The first kappa shape index (κ1) is 14.8. The van der Waals surface area contributed by atoms with Gasteiger partial charge in [0.2, 0.25) is 0 Å². The lowest BCUT2D eigenvalue weighted by molar-refractivity contribution is 0.0596. The smallest absolute Gasteiger partial charge is 0.123 e. The van der Waals surface area contributed by atoms with Crippen LogP contribution in [0.5, 0.6) is 5.75 Å². The average Bonchev–Trinajstić information content (AvgIpc) is 2.48. The maximum absolute atomic E-state index is 13.5. The van der Waals surface area contributed by atoms with Crippen molar-refractivity contribution in [3.63, 3.8) is 0 Å². The zero-order chi connectivity index (χ0) is 14.7. The molecule has 0 bridgehead atoms. The quantitative estimate of drug-likeness (QED) is 0.927. The van der Waals surface area contributed by atoms with Crippen LogP contribution in [0, 0.1) is 11.2 Å². The third-order valence-electron chi connectivity index (χ3n) is 4.94. The van der Waals surface area contributed by atoms with Crippen molar-refractivity contribution >= 4 is 0 Å². The van der Waals surface area contributed by atoms with Crippen LogP contribution in [0.4, 0.5) is 4.39 Å². The minimum Gasteiger partial charge on any atom is -0.496 e. The van der Waals surface area contributed by atoms with Gasteiger partial charge in [-0.05, 0) is 62.4 Å². The number of nitrogens with zero attached hydrogens (tertiary/aromatic N) is 1. The predicted octanol–water partition coefficient (Wildman–Crippen LogP) is 2.80. The Morgan fingerprint density at radius 3 is 2.95 bits per heavy atom. The SMILES string of the molecule is COc1ccc(F)cc1CN1CCCC2(CCCNC2)C1. The van der Waals surface area contributed by atoms with Crippen LogP contribution >= 0.6 is 0 Å². The highest BCUT2D eigenvalue weighted by molar-refractivity contribution is 5.33. The van der Waals surface area contributed by atoms with Crippen LogP contribution < -0.4 is 10.1 Å². The molecule has 1 spiro atoms. The molecule has 2 fully saturated rings. The summed E-state index contributed by atoms with van der Waals surface area (Å²) in [5, 5.41) is 3.55. The van der Waals surface area contributed by atoms with E-state index in [0.717, 1.165) is 44.0 Å². The molecule has 0 aromatic heterocycles. The van der Waals surface area contributed by atoms with Gasteiger partial charge in [0.05, 0.1) is 7.11 Å². The first-order valence-electron chi connectivity index (χ1n) is 7.96. The molecule has 4 heteroatoms. The summed E-state index contributed by atoms with van der Waals surface area (Å²) in [7, 11) is 1.65. The third-order valence-corrected chi connectivity index (χ3v) is 4.94. The first-order valence-corrected chi connectivity index (χ1v) is 7.96. The summed E-state index contributed by atoms with van der Waals surface area (Å²) in [6.45, 7) is 5.27. The summed E-state index contributed by atoms with van der Waals surface area (Å²) in [5.74, 6) is 0.606. The Morgan fingerprint density at radius 2 is 2.19 bits per heavy atom. The molecule has 3 rings (SSSR count). The van der Waals surface area contributed by atoms with Crippen molar-refractivity contribution in [1.29, 1.82) is 0 Å². The molecule has 2 aliphatic rings. The second-order valence-electron chi connectivity index (χ2n) is 6.55. The Bertz CT molecular complexity index is 480. The molecule has 0 aliphatic carbocycles. The van der Waals surface area contributed by atoms with E-state index in [1.807, 2.05) is 0 Å². The van der Waals surface area contributed by atoms with Gasteiger partial charge in [0, 0.05) is 25.2 Å². The minimum atomic E-state index is -0.183. The number of hydrogen-bond donors (Lipinski definition) is 1. The molecule has 21 heavy (non-hydrogen) atoms. The largest absolute Gasteiger partial charge is 0.496 e. The van der Waals surface area contributed by atoms with Crippen LogP contribution in [-0.2, 0) is 6.54 Å². The molecule has 3 nitrogen and oxygen atoms in total. The lowest BCUT2D eigenvalue weighted by atomic mass is 9.74. The standard InChI is InChI=1S/C17H25FN2O/c1-21-16-5-4-15(18)10-14(16)11-20-9-3-7-17(13-20)6-2-8-19-12-17/h4-5,10,19H,2-3,6-9,11-13H2,1H3. The zero-order valence-electron chi connectivity index (χ0n) is 12.8. The van der Waals surface area contributed by atoms with E-state index in [4.69, 9.17) is 4.74 Å². The fourth-order valence-electron chi connectivity index (χ4n) is 3.94. The van der Waals surface area contributed by atoms with Crippen LogP contribution in [0.1, 0.15) is 31.2 Å². The number of likely N-dealkylation sites (tertiary alicyclic amines) is 1. The van der Waals surface area contributed by atoms with Gasteiger partial charge in [-0.2, -0.15) is 0 Å². The molecule has 0 saturated carbocycles. The lowest BCUT2D eigenvalue weighted by Crippen LogP contribution is -2.50. The maximum Gasteiger partial charge on any atom is 0.123 e. The number of halogens is 1. The van der Waals surface area contributed by atoms with E-state index in [1.165, 1.54) is 31.7 Å². The second-order valence-corrected chi connectivity index (χ2v) is 6.55. The number of ether oxygens (including phenoxy) is 1. The van der Waals surface area contributed by atoms with Gasteiger partial charge in [-0.1, -0.05) is 0 Å². The highest BCUT2D eigenvalue weighted by Gasteiger charge is 2.36. The molecule has 2 saturated heterocycles. The molecule has 1 unspecified atom stereocenters. The van der Waals surface area contributed by atoms with Gasteiger partial charge >= 0.3 is 0 Å². The maximum atomic E-state index is 13.5.